The van der Waals surface area contributed by atoms with Gasteiger partial charge in [-0.2, -0.15) is 16.9 Å². The molecule has 1 aliphatic rings. The summed E-state index contributed by atoms with van der Waals surface area (Å²) in [5, 5.41) is 9.41. The molecule has 1 amide bonds. The SMILES string of the molecule is Cc1[nH]nc(N)c1C(=O)NCCN1CCSCC1. The molecule has 1 aromatic heterocycles. The normalized spacial score (nSPS) is 16.7. The molecule has 6 nitrogen and oxygen atoms in total. The number of nitrogen functional groups attached to an aromatic ring is 1. The van der Waals surface area contributed by atoms with Crippen molar-refractivity contribution in [2.24, 2.45) is 0 Å². The Balaban J connectivity index is 1.78. The van der Waals surface area contributed by atoms with Gasteiger partial charge < -0.3 is 11.1 Å². The molecule has 0 atom stereocenters. The Kier molecular flexibility index (Phi) is 4.48. The highest BCUT2D eigenvalue weighted by Gasteiger charge is 2.16. The molecule has 1 aliphatic heterocycles. The summed E-state index contributed by atoms with van der Waals surface area (Å²) in [7, 11) is 0. The fraction of sp³-hybridized carbons (Fsp3) is 0.636. The number of nitrogens with two attached hydrogens (primary N) is 1. The summed E-state index contributed by atoms with van der Waals surface area (Å²) >= 11 is 1.98. The van der Waals surface area contributed by atoms with E-state index in [9.17, 15) is 4.79 Å². The van der Waals surface area contributed by atoms with Crippen LogP contribution in [0.5, 0.6) is 0 Å². The lowest BCUT2D eigenvalue weighted by Crippen LogP contribution is -2.39. The lowest BCUT2D eigenvalue weighted by Gasteiger charge is -2.25. The van der Waals surface area contributed by atoms with Gasteiger partial charge >= 0.3 is 0 Å². The molecule has 2 rings (SSSR count). The van der Waals surface area contributed by atoms with E-state index in [-0.39, 0.29) is 11.7 Å². The number of rotatable bonds is 4. The number of H-pyrrole nitrogens is 1. The number of hydrogen-bond donors (Lipinski definition) is 3. The number of nitrogens with zero attached hydrogens (tertiary/aromatic N) is 2. The zero-order valence-electron chi connectivity index (χ0n) is 10.5. The van der Waals surface area contributed by atoms with Gasteiger partial charge in [0.05, 0.1) is 0 Å². The first-order valence-corrected chi connectivity index (χ1v) is 7.22. The van der Waals surface area contributed by atoms with E-state index in [2.05, 4.69) is 20.4 Å². The van der Waals surface area contributed by atoms with Gasteiger partial charge in [-0.25, -0.2) is 0 Å². The summed E-state index contributed by atoms with van der Waals surface area (Å²) in [6, 6.07) is 0. The molecule has 7 heteroatoms. The molecule has 2 heterocycles. The van der Waals surface area contributed by atoms with Crippen LogP contribution in [0.4, 0.5) is 5.82 Å². The minimum Gasteiger partial charge on any atom is -0.382 e. The number of hydrogen-bond acceptors (Lipinski definition) is 5. The number of aromatic nitrogens is 2. The third-order valence-corrected chi connectivity index (χ3v) is 3.96. The smallest absolute Gasteiger partial charge is 0.256 e. The zero-order valence-corrected chi connectivity index (χ0v) is 11.3. The fourth-order valence-corrected chi connectivity index (χ4v) is 2.95. The Bertz CT molecular complexity index is 394. The van der Waals surface area contributed by atoms with E-state index < -0.39 is 0 Å². The molecular weight excluding hydrogens is 250 g/mol. The van der Waals surface area contributed by atoms with Gasteiger partial charge in [0, 0.05) is 43.4 Å². The van der Waals surface area contributed by atoms with Crippen molar-refractivity contribution in [1.29, 1.82) is 0 Å². The largest absolute Gasteiger partial charge is 0.382 e. The first-order valence-electron chi connectivity index (χ1n) is 6.07. The number of aromatic amines is 1. The van der Waals surface area contributed by atoms with Crippen molar-refractivity contribution in [3.8, 4) is 0 Å². The van der Waals surface area contributed by atoms with Crippen molar-refractivity contribution in [2.45, 2.75) is 6.92 Å². The predicted octanol–water partition coefficient (Wildman–Crippen LogP) is 0.0789. The Morgan fingerprint density at radius 3 is 2.89 bits per heavy atom. The quantitative estimate of drug-likeness (QED) is 0.720. The van der Waals surface area contributed by atoms with Crippen LogP contribution in [0.3, 0.4) is 0 Å². The van der Waals surface area contributed by atoms with Gasteiger partial charge in [0.1, 0.15) is 5.56 Å². The second-order valence-electron chi connectivity index (χ2n) is 4.32. The number of amides is 1. The van der Waals surface area contributed by atoms with Gasteiger partial charge in [-0.15, -0.1) is 0 Å². The summed E-state index contributed by atoms with van der Waals surface area (Å²) < 4.78 is 0. The summed E-state index contributed by atoms with van der Waals surface area (Å²) in [6.45, 7) is 5.54. The lowest BCUT2D eigenvalue weighted by atomic mass is 10.2. The van der Waals surface area contributed by atoms with E-state index in [0.717, 1.165) is 19.6 Å². The van der Waals surface area contributed by atoms with Crippen molar-refractivity contribution in [1.82, 2.24) is 20.4 Å². The van der Waals surface area contributed by atoms with Crippen molar-refractivity contribution in [3.63, 3.8) is 0 Å². The maximum absolute atomic E-state index is 11.9. The average molecular weight is 269 g/mol. The molecule has 0 bridgehead atoms. The van der Waals surface area contributed by atoms with E-state index in [0.29, 0.717) is 17.8 Å². The van der Waals surface area contributed by atoms with E-state index in [1.807, 2.05) is 11.8 Å². The van der Waals surface area contributed by atoms with Gasteiger partial charge in [-0.05, 0) is 6.92 Å². The third kappa shape index (κ3) is 3.17. The highest BCUT2D eigenvalue weighted by Crippen LogP contribution is 2.11. The topological polar surface area (TPSA) is 87.0 Å². The maximum Gasteiger partial charge on any atom is 0.256 e. The van der Waals surface area contributed by atoms with Crippen LogP contribution in [0.2, 0.25) is 0 Å². The van der Waals surface area contributed by atoms with Crippen LogP contribution in [0.25, 0.3) is 0 Å². The number of nitrogens with one attached hydrogen (secondary N) is 2. The number of thioether (sulfide) groups is 1. The fourth-order valence-electron chi connectivity index (χ4n) is 1.98. The van der Waals surface area contributed by atoms with E-state index in [1.165, 1.54) is 11.5 Å². The monoisotopic (exact) mass is 269 g/mol. The molecule has 0 radical (unpaired) electrons. The molecule has 18 heavy (non-hydrogen) atoms. The molecule has 0 unspecified atom stereocenters. The van der Waals surface area contributed by atoms with Gasteiger partial charge in [-0.1, -0.05) is 0 Å². The highest BCUT2D eigenvalue weighted by molar-refractivity contribution is 7.99. The highest BCUT2D eigenvalue weighted by atomic mass is 32.2. The summed E-state index contributed by atoms with van der Waals surface area (Å²) in [5.41, 5.74) is 6.81. The Morgan fingerprint density at radius 1 is 1.56 bits per heavy atom. The van der Waals surface area contributed by atoms with Crippen LogP contribution in [0, 0.1) is 6.92 Å². The van der Waals surface area contributed by atoms with Gasteiger partial charge in [0.2, 0.25) is 0 Å². The van der Waals surface area contributed by atoms with Crippen LogP contribution in [-0.2, 0) is 0 Å². The number of anilines is 1. The van der Waals surface area contributed by atoms with E-state index in [4.69, 9.17) is 5.73 Å². The molecule has 1 saturated heterocycles. The summed E-state index contributed by atoms with van der Waals surface area (Å²) in [6.07, 6.45) is 0. The first-order chi connectivity index (χ1) is 8.68. The molecule has 1 aromatic rings. The van der Waals surface area contributed by atoms with Crippen LogP contribution < -0.4 is 11.1 Å². The molecule has 0 spiro atoms. The number of carbonyl (C=O) groups excluding carboxylic acids is 1. The predicted molar refractivity (Wildman–Crippen MR) is 73.8 cm³/mol. The van der Waals surface area contributed by atoms with Crippen LogP contribution in [0.15, 0.2) is 0 Å². The minimum atomic E-state index is -0.148. The Labute approximate surface area is 111 Å². The number of carbonyl (C=O) groups is 1. The van der Waals surface area contributed by atoms with Crippen LogP contribution in [0.1, 0.15) is 16.1 Å². The van der Waals surface area contributed by atoms with Gasteiger partial charge in [0.15, 0.2) is 5.82 Å². The van der Waals surface area contributed by atoms with Crippen LogP contribution >= 0.6 is 11.8 Å². The molecular formula is C11H19N5OS. The maximum atomic E-state index is 11.9. The molecule has 0 aromatic carbocycles. The average Bonchev–Trinajstić information content (AvgIpc) is 2.70. The molecule has 1 fully saturated rings. The number of aryl methyl sites for hydroxylation is 1. The molecule has 0 saturated carbocycles. The van der Waals surface area contributed by atoms with Crippen molar-refractivity contribution in [2.75, 3.05) is 43.4 Å². The second-order valence-corrected chi connectivity index (χ2v) is 5.54. The van der Waals surface area contributed by atoms with E-state index in [1.54, 1.807) is 6.92 Å². The third-order valence-electron chi connectivity index (χ3n) is 3.02. The molecule has 0 aliphatic carbocycles. The standard InChI is InChI=1S/C11H19N5OS/c1-8-9(10(12)15-14-8)11(17)13-2-3-16-4-6-18-7-5-16/h2-7H2,1H3,(H,13,17)(H3,12,14,15). The van der Waals surface area contributed by atoms with Gasteiger partial charge in [0.25, 0.3) is 5.91 Å². The van der Waals surface area contributed by atoms with Crippen molar-refractivity contribution < 1.29 is 4.79 Å². The molecule has 4 N–H and O–H groups in total. The van der Waals surface area contributed by atoms with Crippen molar-refractivity contribution in [3.05, 3.63) is 11.3 Å². The van der Waals surface area contributed by atoms with E-state index >= 15 is 0 Å². The minimum absolute atomic E-state index is 0.148. The molecule has 100 valence electrons. The zero-order chi connectivity index (χ0) is 13.0. The van der Waals surface area contributed by atoms with Gasteiger partial charge in [-0.3, -0.25) is 14.8 Å². The Hall–Kier alpha value is -1.21. The first kappa shape index (κ1) is 13.2. The summed E-state index contributed by atoms with van der Waals surface area (Å²) in [5.74, 6) is 2.48. The Morgan fingerprint density at radius 2 is 2.28 bits per heavy atom. The lowest BCUT2D eigenvalue weighted by molar-refractivity contribution is 0.0949. The van der Waals surface area contributed by atoms with Crippen LogP contribution in [-0.4, -0.2) is 58.7 Å². The van der Waals surface area contributed by atoms with Crippen molar-refractivity contribution >= 4 is 23.5 Å². The second kappa shape index (κ2) is 6.10. The summed E-state index contributed by atoms with van der Waals surface area (Å²) in [4.78, 5) is 14.3.